The maximum absolute atomic E-state index is 12.5. The molecule has 0 aromatic carbocycles. The van der Waals surface area contributed by atoms with Crippen molar-refractivity contribution in [2.24, 2.45) is 0 Å². The summed E-state index contributed by atoms with van der Waals surface area (Å²) in [5.74, 6) is -0.153. The first-order chi connectivity index (χ1) is 11.4. The lowest BCUT2D eigenvalue weighted by molar-refractivity contribution is -0.162. The summed E-state index contributed by atoms with van der Waals surface area (Å²) in [7, 11) is 3.55. The zero-order valence-electron chi connectivity index (χ0n) is 14.6. The fraction of sp³-hybridized carbons (Fsp3) is 0.588. The standard InChI is InChI=1S/C17H26N4O3/c1-17(16(23)18-2)13-21(9-10-24-17)15(22)6-8-20(3)12-14-5-4-7-19-11-14/h4-5,7,11H,6,8-10,12-13H2,1-3H3,(H,18,23). The molecule has 0 spiro atoms. The summed E-state index contributed by atoms with van der Waals surface area (Å²) in [4.78, 5) is 32.3. The number of likely N-dealkylation sites (N-methyl/N-ethyl adjacent to an activating group) is 1. The van der Waals surface area contributed by atoms with E-state index in [0.717, 1.165) is 12.1 Å². The number of morpholine rings is 1. The Morgan fingerprint density at radius 1 is 1.50 bits per heavy atom. The van der Waals surface area contributed by atoms with Gasteiger partial charge in [0.15, 0.2) is 5.60 Å². The van der Waals surface area contributed by atoms with Gasteiger partial charge in [-0.15, -0.1) is 0 Å². The van der Waals surface area contributed by atoms with Gasteiger partial charge in [0.25, 0.3) is 5.91 Å². The molecule has 0 saturated carbocycles. The van der Waals surface area contributed by atoms with Gasteiger partial charge in [-0.2, -0.15) is 0 Å². The van der Waals surface area contributed by atoms with Gasteiger partial charge in [0, 0.05) is 45.5 Å². The lowest BCUT2D eigenvalue weighted by Gasteiger charge is -2.39. The lowest BCUT2D eigenvalue weighted by Crippen LogP contribution is -2.59. The number of aromatic nitrogens is 1. The number of hydrogen-bond donors (Lipinski definition) is 1. The quantitative estimate of drug-likeness (QED) is 0.808. The molecule has 7 nitrogen and oxygen atoms in total. The minimum atomic E-state index is -0.968. The second kappa shape index (κ2) is 8.21. The Bertz CT molecular complexity index is 566. The summed E-state index contributed by atoms with van der Waals surface area (Å²) in [6, 6.07) is 3.92. The molecule has 1 aromatic rings. The molecule has 1 N–H and O–H groups in total. The Kier molecular flexibility index (Phi) is 6.28. The lowest BCUT2D eigenvalue weighted by atomic mass is 10.0. The van der Waals surface area contributed by atoms with Crippen molar-refractivity contribution in [3.63, 3.8) is 0 Å². The highest BCUT2D eigenvalue weighted by Gasteiger charge is 2.39. The third-order valence-electron chi connectivity index (χ3n) is 4.22. The Morgan fingerprint density at radius 3 is 2.96 bits per heavy atom. The molecular weight excluding hydrogens is 308 g/mol. The van der Waals surface area contributed by atoms with E-state index in [4.69, 9.17) is 4.74 Å². The maximum Gasteiger partial charge on any atom is 0.253 e. The van der Waals surface area contributed by atoms with Gasteiger partial charge in [0.2, 0.25) is 5.91 Å². The van der Waals surface area contributed by atoms with Crippen LogP contribution in [0.25, 0.3) is 0 Å². The third-order valence-corrected chi connectivity index (χ3v) is 4.22. The number of nitrogens with one attached hydrogen (secondary N) is 1. The average Bonchev–Trinajstić information content (AvgIpc) is 2.59. The van der Waals surface area contributed by atoms with E-state index < -0.39 is 5.60 Å². The number of hydrogen-bond acceptors (Lipinski definition) is 5. The van der Waals surface area contributed by atoms with Crippen LogP contribution >= 0.6 is 0 Å². The number of rotatable bonds is 6. The molecule has 132 valence electrons. The van der Waals surface area contributed by atoms with Crippen molar-refractivity contribution in [3.8, 4) is 0 Å². The van der Waals surface area contributed by atoms with Gasteiger partial charge < -0.3 is 19.9 Å². The summed E-state index contributed by atoms with van der Waals surface area (Å²) in [5, 5.41) is 2.60. The predicted octanol–water partition coefficient (Wildman–Crippen LogP) is 0.267. The van der Waals surface area contributed by atoms with E-state index in [2.05, 4.69) is 15.2 Å². The minimum Gasteiger partial charge on any atom is -0.362 e. The van der Waals surface area contributed by atoms with E-state index in [9.17, 15) is 9.59 Å². The molecule has 1 aliphatic rings. The number of carbonyl (C=O) groups excluding carboxylic acids is 2. The molecule has 2 amide bonds. The fourth-order valence-electron chi connectivity index (χ4n) is 2.81. The monoisotopic (exact) mass is 334 g/mol. The summed E-state index contributed by atoms with van der Waals surface area (Å²) in [5.41, 5.74) is 0.149. The van der Waals surface area contributed by atoms with Crippen molar-refractivity contribution in [2.45, 2.75) is 25.5 Å². The van der Waals surface area contributed by atoms with Crippen molar-refractivity contribution in [2.75, 3.05) is 40.3 Å². The molecular formula is C17H26N4O3. The number of carbonyl (C=O) groups is 2. The number of nitrogens with zero attached hydrogens (tertiary/aromatic N) is 3. The Hall–Kier alpha value is -1.99. The van der Waals surface area contributed by atoms with Crippen LogP contribution in [-0.2, 0) is 20.9 Å². The van der Waals surface area contributed by atoms with E-state index in [1.165, 1.54) is 0 Å². The Balaban J connectivity index is 1.82. The summed E-state index contributed by atoms with van der Waals surface area (Å²) < 4.78 is 5.58. The van der Waals surface area contributed by atoms with Crippen molar-refractivity contribution in [3.05, 3.63) is 30.1 Å². The Labute approximate surface area is 143 Å². The third kappa shape index (κ3) is 4.75. The van der Waals surface area contributed by atoms with Gasteiger partial charge >= 0.3 is 0 Å². The molecule has 0 radical (unpaired) electrons. The molecule has 1 aromatic heterocycles. The molecule has 2 rings (SSSR count). The van der Waals surface area contributed by atoms with Crippen LogP contribution in [0.4, 0.5) is 0 Å². The van der Waals surface area contributed by atoms with Crippen LogP contribution in [0.1, 0.15) is 18.9 Å². The SMILES string of the molecule is CNC(=O)C1(C)CN(C(=O)CCN(C)Cc2cccnc2)CCO1. The molecule has 2 heterocycles. The first kappa shape index (κ1) is 18.4. The highest BCUT2D eigenvalue weighted by Crippen LogP contribution is 2.18. The van der Waals surface area contributed by atoms with Gasteiger partial charge in [-0.3, -0.25) is 14.6 Å². The molecule has 24 heavy (non-hydrogen) atoms. The van der Waals surface area contributed by atoms with Crippen LogP contribution in [0.15, 0.2) is 24.5 Å². The topological polar surface area (TPSA) is 74.8 Å². The number of pyridine rings is 1. The van der Waals surface area contributed by atoms with Crippen molar-refractivity contribution < 1.29 is 14.3 Å². The van der Waals surface area contributed by atoms with Gasteiger partial charge in [-0.1, -0.05) is 6.07 Å². The second-order valence-electron chi connectivity index (χ2n) is 6.32. The molecule has 1 unspecified atom stereocenters. The fourth-order valence-corrected chi connectivity index (χ4v) is 2.81. The number of amides is 2. The van der Waals surface area contributed by atoms with Crippen LogP contribution in [0.3, 0.4) is 0 Å². The summed E-state index contributed by atoms with van der Waals surface area (Å²) >= 11 is 0. The van der Waals surface area contributed by atoms with Crippen LogP contribution in [0, 0.1) is 0 Å². The zero-order chi connectivity index (χ0) is 17.6. The molecule has 0 aliphatic carbocycles. The molecule has 1 aliphatic heterocycles. The van der Waals surface area contributed by atoms with Gasteiger partial charge in [0.05, 0.1) is 13.2 Å². The normalized spacial score (nSPS) is 20.9. The largest absolute Gasteiger partial charge is 0.362 e. The highest BCUT2D eigenvalue weighted by molar-refractivity contribution is 5.86. The van der Waals surface area contributed by atoms with Gasteiger partial charge in [0.1, 0.15) is 0 Å². The van der Waals surface area contributed by atoms with Crippen LogP contribution in [-0.4, -0.2) is 72.5 Å². The first-order valence-electron chi connectivity index (χ1n) is 8.16. The molecule has 1 atom stereocenters. The molecule has 1 fully saturated rings. The predicted molar refractivity (Wildman–Crippen MR) is 90.2 cm³/mol. The average molecular weight is 334 g/mol. The van der Waals surface area contributed by atoms with Crippen molar-refractivity contribution >= 4 is 11.8 Å². The zero-order valence-corrected chi connectivity index (χ0v) is 14.6. The highest BCUT2D eigenvalue weighted by atomic mass is 16.5. The van der Waals surface area contributed by atoms with E-state index in [-0.39, 0.29) is 18.4 Å². The van der Waals surface area contributed by atoms with Crippen molar-refractivity contribution in [1.29, 1.82) is 0 Å². The van der Waals surface area contributed by atoms with E-state index in [1.54, 1.807) is 25.1 Å². The van der Waals surface area contributed by atoms with Gasteiger partial charge in [-0.25, -0.2) is 0 Å². The van der Waals surface area contributed by atoms with Crippen LogP contribution in [0.2, 0.25) is 0 Å². The minimum absolute atomic E-state index is 0.0477. The summed E-state index contributed by atoms with van der Waals surface area (Å²) in [6.07, 6.45) is 3.99. The smallest absolute Gasteiger partial charge is 0.253 e. The van der Waals surface area contributed by atoms with E-state index in [1.807, 2.05) is 25.4 Å². The molecule has 0 bridgehead atoms. The Morgan fingerprint density at radius 2 is 2.29 bits per heavy atom. The van der Waals surface area contributed by atoms with Crippen molar-refractivity contribution in [1.82, 2.24) is 20.1 Å². The first-order valence-corrected chi connectivity index (χ1v) is 8.16. The van der Waals surface area contributed by atoms with Gasteiger partial charge in [-0.05, 0) is 25.6 Å². The van der Waals surface area contributed by atoms with Crippen LogP contribution in [0.5, 0.6) is 0 Å². The van der Waals surface area contributed by atoms with E-state index in [0.29, 0.717) is 26.1 Å². The molecule has 1 saturated heterocycles. The maximum atomic E-state index is 12.5. The number of ether oxygens (including phenoxy) is 1. The van der Waals surface area contributed by atoms with Crippen LogP contribution < -0.4 is 5.32 Å². The molecule has 7 heteroatoms. The summed E-state index contributed by atoms with van der Waals surface area (Å²) in [6.45, 7) is 4.32. The van der Waals surface area contributed by atoms with E-state index >= 15 is 0 Å². The second-order valence-corrected chi connectivity index (χ2v) is 6.32.